The fraction of sp³-hybridized carbons (Fsp3) is 0.207. The van der Waals surface area contributed by atoms with Crippen LogP contribution in [-0.4, -0.2) is 48.3 Å². The number of aromatic nitrogens is 5. The van der Waals surface area contributed by atoms with Gasteiger partial charge in [-0.1, -0.05) is 17.7 Å². The van der Waals surface area contributed by atoms with Crippen LogP contribution in [0.25, 0.3) is 22.4 Å². The molecule has 5 heterocycles. The molecule has 208 valence electrons. The van der Waals surface area contributed by atoms with Crippen LogP contribution in [0, 0.1) is 11.6 Å². The van der Waals surface area contributed by atoms with Crippen molar-refractivity contribution in [2.45, 2.75) is 32.1 Å². The van der Waals surface area contributed by atoms with E-state index in [1.54, 1.807) is 41.0 Å². The zero-order chi connectivity index (χ0) is 28.5. The minimum atomic E-state index is -1.17. The Bertz CT molecular complexity index is 1760. The molecule has 0 aliphatic carbocycles. The summed E-state index contributed by atoms with van der Waals surface area (Å²) in [6.45, 7) is 1.12. The molecule has 1 unspecified atom stereocenters. The second-order valence-electron chi connectivity index (χ2n) is 9.48. The van der Waals surface area contributed by atoms with E-state index in [2.05, 4.69) is 19.9 Å². The summed E-state index contributed by atoms with van der Waals surface area (Å²) in [6.07, 6.45) is 2.19. The van der Waals surface area contributed by atoms with E-state index >= 15 is 8.78 Å². The molecule has 1 atom stereocenters. The zero-order valence-electron chi connectivity index (χ0n) is 21.4. The number of carboxylic acid groups (broad SMARTS) is 1. The van der Waals surface area contributed by atoms with Crippen LogP contribution < -0.4 is 4.74 Å². The van der Waals surface area contributed by atoms with Crippen LogP contribution in [0.5, 0.6) is 5.88 Å². The third kappa shape index (κ3) is 5.72. The lowest BCUT2D eigenvalue weighted by molar-refractivity contribution is -0.0590. The van der Waals surface area contributed by atoms with Crippen molar-refractivity contribution in [1.82, 2.24) is 24.5 Å². The molecule has 1 aromatic carbocycles. The summed E-state index contributed by atoms with van der Waals surface area (Å²) in [7, 11) is 0. The van der Waals surface area contributed by atoms with Crippen molar-refractivity contribution in [1.29, 1.82) is 0 Å². The molecule has 1 N–H and O–H groups in total. The second-order valence-corrected chi connectivity index (χ2v) is 9.92. The number of carboxylic acids is 1. The van der Waals surface area contributed by atoms with Crippen LogP contribution in [0.1, 0.15) is 34.0 Å². The van der Waals surface area contributed by atoms with Gasteiger partial charge in [-0.05, 0) is 54.4 Å². The lowest BCUT2D eigenvalue weighted by Crippen LogP contribution is -2.32. The second kappa shape index (κ2) is 11.2. The smallest absolute Gasteiger partial charge is 0.354 e. The Kier molecular flexibility index (Phi) is 7.29. The molecule has 1 aliphatic rings. The summed E-state index contributed by atoms with van der Waals surface area (Å²) in [6, 6.07) is 13.4. The number of rotatable bonds is 9. The highest BCUT2D eigenvalue weighted by Gasteiger charge is 2.24. The Morgan fingerprint density at radius 1 is 1.10 bits per heavy atom. The van der Waals surface area contributed by atoms with Gasteiger partial charge in [0.25, 0.3) is 0 Å². The standard InChI is InChI=1S/C29H22ClF2N5O4/c30-17-4-5-18(33-13-17)15-41-27-3-1-2-23(35-27)20-12-21(31)16(10-22(20)32)11-26-34-24-6-7-25(29(38)39)36-28(24)37(26)14-19-8-9-40-19/h1-7,10,12-13,19H,8-9,11,14-15H2,(H,38,39). The molecule has 0 radical (unpaired) electrons. The third-order valence-corrected chi connectivity index (χ3v) is 6.93. The molecule has 1 saturated heterocycles. The van der Waals surface area contributed by atoms with E-state index in [9.17, 15) is 9.90 Å². The average Bonchev–Trinajstić information content (AvgIpc) is 3.28. The van der Waals surface area contributed by atoms with Crippen LogP contribution in [0.15, 0.2) is 60.8 Å². The molecule has 0 saturated carbocycles. The predicted octanol–water partition coefficient (Wildman–Crippen LogP) is 5.48. The van der Waals surface area contributed by atoms with Gasteiger partial charge in [0.1, 0.15) is 29.6 Å². The van der Waals surface area contributed by atoms with Gasteiger partial charge in [-0.2, -0.15) is 0 Å². The Morgan fingerprint density at radius 3 is 2.68 bits per heavy atom. The van der Waals surface area contributed by atoms with Crippen molar-refractivity contribution in [2.75, 3.05) is 6.61 Å². The first-order chi connectivity index (χ1) is 19.8. The molecule has 4 aromatic heterocycles. The minimum absolute atomic E-state index is 0.0227. The van der Waals surface area contributed by atoms with E-state index in [0.29, 0.717) is 40.9 Å². The number of aromatic carboxylic acids is 1. The highest BCUT2D eigenvalue weighted by molar-refractivity contribution is 6.30. The molecule has 0 spiro atoms. The topological polar surface area (TPSA) is 112 Å². The van der Waals surface area contributed by atoms with Crippen LogP contribution in [0.3, 0.4) is 0 Å². The van der Waals surface area contributed by atoms with Crippen LogP contribution >= 0.6 is 11.6 Å². The fourth-order valence-corrected chi connectivity index (χ4v) is 4.61. The number of ether oxygens (including phenoxy) is 2. The average molecular weight is 578 g/mol. The Hall–Kier alpha value is -4.48. The van der Waals surface area contributed by atoms with Crippen LogP contribution in [-0.2, 0) is 24.3 Å². The molecule has 6 rings (SSSR count). The number of carbonyl (C=O) groups is 1. The number of benzene rings is 1. The maximum absolute atomic E-state index is 15.4. The number of hydrogen-bond acceptors (Lipinski definition) is 7. The third-order valence-electron chi connectivity index (χ3n) is 6.71. The van der Waals surface area contributed by atoms with Gasteiger partial charge in [0, 0.05) is 30.9 Å². The number of imidazole rings is 1. The van der Waals surface area contributed by atoms with Gasteiger partial charge in [0.15, 0.2) is 11.3 Å². The van der Waals surface area contributed by atoms with Gasteiger partial charge in [-0.25, -0.2) is 28.5 Å². The number of halogens is 3. The molecule has 9 nitrogen and oxygen atoms in total. The largest absolute Gasteiger partial charge is 0.477 e. The molecule has 0 bridgehead atoms. The summed E-state index contributed by atoms with van der Waals surface area (Å²) < 4.78 is 43.7. The maximum atomic E-state index is 15.4. The number of fused-ring (bicyclic) bond motifs is 1. The van der Waals surface area contributed by atoms with Crippen molar-refractivity contribution in [2.24, 2.45) is 0 Å². The van der Waals surface area contributed by atoms with Crippen molar-refractivity contribution >= 4 is 28.7 Å². The van der Waals surface area contributed by atoms with E-state index < -0.39 is 17.6 Å². The van der Waals surface area contributed by atoms with Gasteiger partial charge >= 0.3 is 5.97 Å². The molecular weight excluding hydrogens is 556 g/mol. The number of hydrogen-bond donors (Lipinski definition) is 1. The Labute approximate surface area is 237 Å². The lowest BCUT2D eigenvalue weighted by atomic mass is 10.0. The first kappa shape index (κ1) is 26.7. The summed E-state index contributed by atoms with van der Waals surface area (Å²) in [5.41, 5.74) is 1.56. The monoisotopic (exact) mass is 577 g/mol. The van der Waals surface area contributed by atoms with E-state index in [0.717, 1.165) is 18.6 Å². The van der Waals surface area contributed by atoms with Crippen molar-refractivity contribution in [3.05, 3.63) is 100 Å². The van der Waals surface area contributed by atoms with Gasteiger partial charge in [-0.15, -0.1) is 0 Å². The van der Waals surface area contributed by atoms with Crippen molar-refractivity contribution in [3.8, 4) is 17.1 Å². The highest BCUT2D eigenvalue weighted by Crippen LogP contribution is 2.28. The van der Waals surface area contributed by atoms with E-state index in [4.69, 9.17) is 21.1 Å². The van der Waals surface area contributed by atoms with E-state index in [1.807, 2.05) is 0 Å². The summed E-state index contributed by atoms with van der Waals surface area (Å²) in [4.78, 5) is 28.8. The van der Waals surface area contributed by atoms with Gasteiger partial charge in [0.2, 0.25) is 5.88 Å². The van der Waals surface area contributed by atoms with Crippen LogP contribution in [0.4, 0.5) is 8.78 Å². The quantitative estimate of drug-likeness (QED) is 0.245. The van der Waals surface area contributed by atoms with Crippen LogP contribution in [0.2, 0.25) is 5.02 Å². The first-order valence-corrected chi connectivity index (χ1v) is 13.1. The van der Waals surface area contributed by atoms with E-state index in [-0.39, 0.29) is 47.5 Å². The van der Waals surface area contributed by atoms with E-state index in [1.165, 1.54) is 12.3 Å². The Morgan fingerprint density at radius 2 is 1.95 bits per heavy atom. The molecular formula is C29H22ClF2N5O4. The summed E-state index contributed by atoms with van der Waals surface area (Å²) >= 11 is 5.86. The van der Waals surface area contributed by atoms with Gasteiger partial charge < -0.3 is 19.1 Å². The molecule has 1 fully saturated rings. The Balaban J connectivity index is 1.27. The minimum Gasteiger partial charge on any atom is -0.477 e. The van der Waals surface area contributed by atoms with Gasteiger partial charge in [-0.3, -0.25) is 4.98 Å². The number of nitrogens with zero attached hydrogens (tertiary/aromatic N) is 5. The summed E-state index contributed by atoms with van der Waals surface area (Å²) in [5.74, 6) is -1.84. The summed E-state index contributed by atoms with van der Waals surface area (Å²) in [5, 5.41) is 9.89. The van der Waals surface area contributed by atoms with Crippen molar-refractivity contribution in [3.63, 3.8) is 0 Å². The number of pyridine rings is 3. The SMILES string of the molecule is O=C(O)c1ccc2nc(Cc3cc(F)c(-c4cccc(OCc5ccc(Cl)cn5)n4)cc3F)n(CC3CCO3)c2n1. The molecule has 1 aliphatic heterocycles. The normalized spacial score (nSPS) is 14.7. The fourth-order valence-electron chi connectivity index (χ4n) is 4.50. The maximum Gasteiger partial charge on any atom is 0.354 e. The van der Waals surface area contributed by atoms with Gasteiger partial charge in [0.05, 0.1) is 29.1 Å². The predicted molar refractivity (Wildman–Crippen MR) is 145 cm³/mol. The highest BCUT2D eigenvalue weighted by atomic mass is 35.5. The molecule has 0 amide bonds. The lowest BCUT2D eigenvalue weighted by Gasteiger charge is -2.27. The van der Waals surface area contributed by atoms with Crippen molar-refractivity contribution < 1.29 is 28.2 Å². The first-order valence-electron chi connectivity index (χ1n) is 12.7. The molecule has 12 heteroatoms. The molecule has 41 heavy (non-hydrogen) atoms. The molecule has 5 aromatic rings. The zero-order valence-corrected chi connectivity index (χ0v) is 22.2.